The molecule has 4 nitrogen and oxygen atoms in total. The lowest BCUT2D eigenvalue weighted by atomic mass is 10.0. The zero-order valence-electron chi connectivity index (χ0n) is 7.74. The van der Waals surface area contributed by atoms with Gasteiger partial charge in [0, 0.05) is 0 Å². The minimum atomic E-state index is -0.930. The minimum Gasteiger partial charge on any atom is -0.478 e. The molecule has 0 aromatic heterocycles. The molecule has 1 aliphatic rings. The van der Waals surface area contributed by atoms with Crippen LogP contribution >= 0.6 is 0 Å². The lowest BCUT2D eigenvalue weighted by molar-refractivity contribution is 0.0695. The summed E-state index contributed by atoms with van der Waals surface area (Å²) in [5, 5.41) is 8.93. The molecule has 0 amide bonds. The van der Waals surface area contributed by atoms with Gasteiger partial charge < -0.3 is 14.6 Å². The van der Waals surface area contributed by atoms with Gasteiger partial charge in [0.15, 0.2) is 11.5 Å². The average molecular weight is 194 g/mol. The Morgan fingerprint density at radius 2 is 2.07 bits per heavy atom. The maximum absolute atomic E-state index is 10.9. The van der Waals surface area contributed by atoms with E-state index in [9.17, 15) is 4.79 Å². The van der Waals surface area contributed by atoms with E-state index in [0.29, 0.717) is 17.9 Å². The van der Waals surface area contributed by atoms with Crippen molar-refractivity contribution in [3.63, 3.8) is 0 Å². The Bertz CT molecular complexity index is 384. The third-order valence-corrected chi connectivity index (χ3v) is 2.21. The summed E-state index contributed by atoms with van der Waals surface area (Å²) in [5.41, 5.74) is 1.05. The van der Waals surface area contributed by atoms with Crippen molar-refractivity contribution in [1.29, 1.82) is 0 Å². The third kappa shape index (κ3) is 1.28. The second kappa shape index (κ2) is 3.21. The molecule has 0 radical (unpaired) electrons. The van der Waals surface area contributed by atoms with Gasteiger partial charge in [0.1, 0.15) is 0 Å². The molecule has 1 aromatic rings. The summed E-state index contributed by atoms with van der Waals surface area (Å²) in [6, 6.07) is 3.25. The van der Waals surface area contributed by atoms with Crippen LogP contribution in [0.5, 0.6) is 11.5 Å². The van der Waals surface area contributed by atoms with Crippen LogP contribution in [0, 0.1) is 0 Å². The Hall–Kier alpha value is -1.71. The normalized spacial score (nSPS) is 12.9. The van der Waals surface area contributed by atoms with E-state index in [1.54, 1.807) is 6.07 Å². The molecule has 0 unspecified atom stereocenters. The average Bonchev–Trinajstić information content (AvgIpc) is 2.62. The second-order valence-electron chi connectivity index (χ2n) is 3.02. The standard InChI is InChI=1S/C10H10O4/c1-2-6-3-8-9(14-5-13-8)4-7(6)10(11)12/h3-4H,2,5H2,1H3,(H,11,12). The lowest BCUT2D eigenvalue weighted by Crippen LogP contribution is -2.01. The summed E-state index contributed by atoms with van der Waals surface area (Å²) in [4.78, 5) is 10.9. The Labute approximate surface area is 81.1 Å². The molecule has 1 N–H and O–H groups in total. The lowest BCUT2D eigenvalue weighted by Gasteiger charge is -2.04. The summed E-state index contributed by atoms with van der Waals surface area (Å²) in [6.45, 7) is 2.07. The predicted molar refractivity (Wildman–Crippen MR) is 48.9 cm³/mol. The molecule has 0 saturated carbocycles. The van der Waals surface area contributed by atoms with Crippen LogP contribution in [0.1, 0.15) is 22.8 Å². The van der Waals surface area contributed by atoms with Crippen molar-refractivity contribution in [2.45, 2.75) is 13.3 Å². The van der Waals surface area contributed by atoms with Crippen molar-refractivity contribution in [2.75, 3.05) is 6.79 Å². The number of aryl methyl sites for hydroxylation is 1. The topological polar surface area (TPSA) is 55.8 Å². The fourth-order valence-electron chi connectivity index (χ4n) is 1.48. The van der Waals surface area contributed by atoms with Crippen LogP contribution in [0.15, 0.2) is 12.1 Å². The van der Waals surface area contributed by atoms with Crippen molar-refractivity contribution in [1.82, 2.24) is 0 Å². The van der Waals surface area contributed by atoms with Gasteiger partial charge >= 0.3 is 5.97 Å². The van der Waals surface area contributed by atoms with Gasteiger partial charge in [0.25, 0.3) is 0 Å². The van der Waals surface area contributed by atoms with E-state index in [1.807, 2.05) is 6.92 Å². The molecule has 0 fully saturated rings. The molecule has 0 spiro atoms. The first-order valence-electron chi connectivity index (χ1n) is 4.38. The number of fused-ring (bicyclic) bond motifs is 1. The second-order valence-corrected chi connectivity index (χ2v) is 3.02. The van der Waals surface area contributed by atoms with Crippen LogP contribution in [0.3, 0.4) is 0 Å². The molecule has 1 heterocycles. The summed E-state index contributed by atoms with van der Waals surface area (Å²) in [7, 11) is 0. The molecule has 14 heavy (non-hydrogen) atoms. The first-order chi connectivity index (χ1) is 6.72. The van der Waals surface area contributed by atoms with Crippen molar-refractivity contribution in [2.24, 2.45) is 0 Å². The van der Waals surface area contributed by atoms with Gasteiger partial charge in [0.2, 0.25) is 6.79 Å². The quantitative estimate of drug-likeness (QED) is 0.778. The van der Waals surface area contributed by atoms with Crippen molar-refractivity contribution in [3.05, 3.63) is 23.3 Å². The third-order valence-electron chi connectivity index (χ3n) is 2.21. The SMILES string of the molecule is CCc1cc2c(cc1C(=O)O)OCO2. The Morgan fingerprint density at radius 1 is 1.43 bits per heavy atom. The smallest absolute Gasteiger partial charge is 0.336 e. The van der Waals surface area contributed by atoms with Crippen molar-refractivity contribution >= 4 is 5.97 Å². The van der Waals surface area contributed by atoms with E-state index in [2.05, 4.69) is 0 Å². The molecule has 4 heteroatoms. The maximum Gasteiger partial charge on any atom is 0.336 e. The summed E-state index contributed by atoms with van der Waals surface area (Å²) in [5.74, 6) is 0.214. The molecule has 2 rings (SSSR count). The molecule has 74 valence electrons. The van der Waals surface area contributed by atoms with Crippen LogP contribution < -0.4 is 9.47 Å². The summed E-state index contributed by atoms with van der Waals surface area (Å²) >= 11 is 0. The fourth-order valence-corrected chi connectivity index (χ4v) is 1.48. The van der Waals surface area contributed by atoms with E-state index in [0.717, 1.165) is 5.56 Å². The first kappa shape index (κ1) is 8.87. The van der Waals surface area contributed by atoms with Gasteiger partial charge in [-0.15, -0.1) is 0 Å². The molecular formula is C10H10O4. The van der Waals surface area contributed by atoms with E-state index >= 15 is 0 Å². The molecule has 1 aromatic carbocycles. The monoisotopic (exact) mass is 194 g/mol. The first-order valence-corrected chi connectivity index (χ1v) is 4.38. The van der Waals surface area contributed by atoms with Gasteiger partial charge in [-0.25, -0.2) is 4.79 Å². The van der Waals surface area contributed by atoms with E-state index in [1.165, 1.54) is 6.07 Å². The highest BCUT2D eigenvalue weighted by atomic mass is 16.7. The number of ether oxygens (including phenoxy) is 2. The molecule has 1 aliphatic heterocycles. The number of aromatic carboxylic acids is 1. The number of hydrogen-bond acceptors (Lipinski definition) is 3. The Morgan fingerprint density at radius 3 is 2.64 bits per heavy atom. The summed E-state index contributed by atoms with van der Waals surface area (Å²) < 4.78 is 10.3. The molecule has 0 aliphatic carbocycles. The number of carboxylic acids is 1. The molecule has 0 saturated heterocycles. The maximum atomic E-state index is 10.9. The van der Waals surface area contributed by atoms with Crippen molar-refractivity contribution in [3.8, 4) is 11.5 Å². The minimum absolute atomic E-state index is 0.168. The molecule has 0 bridgehead atoms. The predicted octanol–water partition coefficient (Wildman–Crippen LogP) is 1.68. The van der Waals surface area contributed by atoms with Crippen LogP contribution in [-0.4, -0.2) is 17.9 Å². The molecule has 0 atom stereocenters. The van der Waals surface area contributed by atoms with Gasteiger partial charge in [-0.3, -0.25) is 0 Å². The van der Waals surface area contributed by atoms with Crippen LogP contribution in [0.25, 0.3) is 0 Å². The number of hydrogen-bond donors (Lipinski definition) is 1. The Kier molecular flexibility index (Phi) is 2.04. The van der Waals surface area contributed by atoms with Gasteiger partial charge in [-0.2, -0.15) is 0 Å². The number of rotatable bonds is 2. The number of carboxylic acid groups (broad SMARTS) is 1. The summed E-state index contributed by atoms with van der Waals surface area (Å²) in [6.07, 6.45) is 0.665. The zero-order valence-corrected chi connectivity index (χ0v) is 7.74. The highest BCUT2D eigenvalue weighted by Crippen LogP contribution is 2.34. The van der Waals surface area contributed by atoms with E-state index < -0.39 is 5.97 Å². The van der Waals surface area contributed by atoms with E-state index in [4.69, 9.17) is 14.6 Å². The van der Waals surface area contributed by atoms with Crippen molar-refractivity contribution < 1.29 is 19.4 Å². The number of benzene rings is 1. The zero-order chi connectivity index (χ0) is 10.1. The number of carbonyl (C=O) groups is 1. The largest absolute Gasteiger partial charge is 0.478 e. The van der Waals surface area contributed by atoms with Gasteiger partial charge in [-0.05, 0) is 24.1 Å². The molecular weight excluding hydrogens is 184 g/mol. The Balaban J connectivity index is 2.54. The van der Waals surface area contributed by atoms with Gasteiger partial charge in [0.05, 0.1) is 5.56 Å². The van der Waals surface area contributed by atoms with E-state index in [-0.39, 0.29) is 12.4 Å². The highest BCUT2D eigenvalue weighted by molar-refractivity contribution is 5.90. The van der Waals surface area contributed by atoms with Gasteiger partial charge in [-0.1, -0.05) is 6.92 Å². The van der Waals surface area contributed by atoms with Crippen LogP contribution in [0.2, 0.25) is 0 Å². The van der Waals surface area contributed by atoms with Crippen LogP contribution in [0.4, 0.5) is 0 Å². The van der Waals surface area contributed by atoms with Crippen LogP contribution in [-0.2, 0) is 6.42 Å². The highest BCUT2D eigenvalue weighted by Gasteiger charge is 2.19. The fraction of sp³-hybridized carbons (Fsp3) is 0.300.